The first-order valence-corrected chi connectivity index (χ1v) is 9.24. The van der Waals surface area contributed by atoms with Crippen molar-refractivity contribution in [3.05, 3.63) is 64.2 Å². The molecule has 3 rings (SSSR count). The third kappa shape index (κ3) is 4.46. The molecule has 1 unspecified atom stereocenters. The Labute approximate surface area is 147 Å². The van der Waals surface area contributed by atoms with Crippen LogP contribution in [0.4, 0.5) is 5.69 Å². The van der Waals surface area contributed by atoms with Gasteiger partial charge in [-0.25, -0.2) is 0 Å². The van der Waals surface area contributed by atoms with Gasteiger partial charge in [0.1, 0.15) is 0 Å². The van der Waals surface area contributed by atoms with Crippen molar-refractivity contribution in [2.24, 2.45) is 10.2 Å². The number of hydrogen-bond acceptors (Lipinski definition) is 4. The fourth-order valence-electron chi connectivity index (χ4n) is 2.94. The summed E-state index contributed by atoms with van der Waals surface area (Å²) in [6, 6.07) is 12.2. The van der Waals surface area contributed by atoms with Gasteiger partial charge in [-0.1, -0.05) is 29.8 Å². The van der Waals surface area contributed by atoms with E-state index in [0.29, 0.717) is 5.25 Å². The van der Waals surface area contributed by atoms with E-state index >= 15 is 0 Å². The molecule has 0 saturated heterocycles. The SMILES string of the molecule is CC1=C(C#N)CC(CCC2=CC=C(N=Nc3ccccc3)CC2)S1. The van der Waals surface area contributed by atoms with E-state index in [9.17, 15) is 0 Å². The van der Waals surface area contributed by atoms with Crippen LogP contribution in [0.5, 0.6) is 0 Å². The molecule has 1 heterocycles. The average Bonchev–Trinajstić information content (AvgIpc) is 3.00. The summed E-state index contributed by atoms with van der Waals surface area (Å²) in [7, 11) is 0. The van der Waals surface area contributed by atoms with E-state index in [1.165, 1.54) is 10.5 Å². The molecule has 1 aromatic rings. The van der Waals surface area contributed by atoms with Crippen LogP contribution in [0.1, 0.15) is 39.0 Å². The number of nitriles is 1. The summed E-state index contributed by atoms with van der Waals surface area (Å²) in [5, 5.41) is 18.3. The molecule has 0 spiro atoms. The van der Waals surface area contributed by atoms with Crippen LogP contribution < -0.4 is 0 Å². The van der Waals surface area contributed by atoms with Gasteiger partial charge in [0.2, 0.25) is 0 Å². The lowest BCUT2D eigenvalue weighted by Gasteiger charge is -2.14. The maximum Gasteiger partial charge on any atom is 0.0955 e. The minimum atomic E-state index is 0.573. The van der Waals surface area contributed by atoms with Gasteiger partial charge in [0, 0.05) is 10.8 Å². The molecule has 122 valence electrons. The number of rotatable bonds is 5. The molecular formula is C20H21N3S. The number of hydrogen-bond donors (Lipinski definition) is 0. The first kappa shape index (κ1) is 16.7. The second-order valence-electron chi connectivity index (χ2n) is 6.15. The summed E-state index contributed by atoms with van der Waals surface area (Å²) >= 11 is 1.87. The van der Waals surface area contributed by atoms with Crippen molar-refractivity contribution in [1.29, 1.82) is 5.26 Å². The lowest BCUT2D eigenvalue weighted by molar-refractivity contribution is 0.722. The van der Waals surface area contributed by atoms with Gasteiger partial charge in [0.25, 0.3) is 0 Å². The average molecular weight is 335 g/mol. The zero-order valence-corrected chi connectivity index (χ0v) is 14.7. The van der Waals surface area contributed by atoms with Crippen molar-refractivity contribution in [1.82, 2.24) is 0 Å². The predicted octanol–water partition coefficient (Wildman–Crippen LogP) is 6.46. The molecule has 0 amide bonds. The second kappa shape index (κ2) is 8.12. The van der Waals surface area contributed by atoms with Crippen molar-refractivity contribution in [2.75, 3.05) is 0 Å². The standard InChI is InChI=1S/C20H21N3S/c1-15-17(14-21)13-20(24-15)12-9-16-7-10-19(11-8-16)23-22-18-5-3-2-4-6-18/h2-7,10,20H,8-9,11-13H2,1H3. The van der Waals surface area contributed by atoms with E-state index in [1.54, 1.807) is 0 Å². The maximum absolute atomic E-state index is 9.07. The Balaban J connectivity index is 1.49. The molecule has 24 heavy (non-hydrogen) atoms. The number of benzene rings is 1. The fraction of sp³-hybridized carbons (Fsp3) is 0.350. The van der Waals surface area contributed by atoms with Crippen molar-refractivity contribution in [3.8, 4) is 6.07 Å². The van der Waals surface area contributed by atoms with Gasteiger partial charge in [-0.3, -0.25) is 0 Å². The van der Waals surface area contributed by atoms with Gasteiger partial charge in [0.15, 0.2) is 0 Å². The Morgan fingerprint density at radius 2 is 2.00 bits per heavy atom. The first-order valence-electron chi connectivity index (χ1n) is 8.36. The molecule has 0 saturated carbocycles. The molecule has 1 aliphatic carbocycles. The van der Waals surface area contributed by atoms with Crippen LogP contribution >= 0.6 is 11.8 Å². The molecule has 2 aliphatic rings. The van der Waals surface area contributed by atoms with E-state index in [4.69, 9.17) is 5.26 Å². The smallest absolute Gasteiger partial charge is 0.0955 e. The summed E-state index contributed by atoms with van der Waals surface area (Å²) in [4.78, 5) is 1.21. The van der Waals surface area contributed by atoms with Crippen LogP contribution in [0.25, 0.3) is 0 Å². The van der Waals surface area contributed by atoms with E-state index in [1.807, 2.05) is 42.1 Å². The van der Waals surface area contributed by atoms with Gasteiger partial charge in [-0.05, 0) is 62.1 Å². The number of allylic oxidation sites excluding steroid dienone is 6. The topological polar surface area (TPSA) is 48.5 Å². The summed E-state index contributed by atoms with van der Waals surface area (Å²) in [6.45, 7) is 2.07. The van der Waals surface area contributed by atoms with Crippen LogP contribution in [0, 0.1) is 11.3 Å². The van der Waals surface area contributed by atoms with Crippen molar-refractivity contribution in [2.45, 2.75) is 44.3 Å². The van der Waals surface area contributed by atoms with Crippen LogP contribution in [0.3, 0.4) is 0 Å². The number of azo groups is 1. The highest BCUT2D eigenvalue weighted by molar-refractivity contribution is 8.03. The molecule has 0 aromatic heterocycles. The van der Waals surface area contributed by atoms with Gasteiger partial charge in [-0.2, -0.15) is 15.5 Å². The Bertz CT molecular complexity index is 751. The Morgan fingerprint density at radius 3 is 2.67 bits per heavy atom. The van der Waals surface area contributed by atoms with Crippen LogP contribution in [-0.2, 0) is 0 Å². The normalized spacial score (nSPS) is 20.9. The molecule has 1 aliphatic heterocycles. The molecule has 0 bridgehead atoms. The van der Waals surface area contributed by atoms with Crippen LogP contribution in [0.2, 0.25) is 0 Å². The van der Waals surface area contributed by atoms with Crippen LogP contribution in [-0.4, -0.2) is 5.25 Å². The van der Waals surface area contributed by atoms with Crippen molar-refractivity contribution in [3.63, 3.8) is 0 Å². The monoisotopic (exact) mass is 335 g/mol. The molecule has 3 nitrogen and oxygen atoms in total. The first-order chi connectivity index (χ1) is 11.7. The van der Waals surface area contributed by atoms with E-state index in [2.05, 4.69) is 35.4 Å². The lowest BCUT2D eigenvalue weighted by Crippen LogP contribution is -2.01. The van der Waals surface area contributed by atoms with Gasteiger partial charge in [0.05, 0.1) is 17.5 Å². The third-order valence-corrected chi connectivity index (χ3v) is 5.72. The van der Waals surface area contributed by atoms with Crippen molar-refractivity contribution < 1.29 is 0 Å². The van der Waals surface area contributed by atoms with Gasteiger partial charge < -0.3 is 0 Å². The molecule has 0 fully saturated rings. The van der Waals surface area contributed by atoms with E-state index in [0.717, 1.165) is 49.1 Å². The minimum Gasteiger partial charge on any atom is -0.193 e. The maximum atomic E-state index is 9.07. The third-order valence-electron chi connectivity index (χ3n) is 4.39. The van der Waals surface area contributed by atoms with Crippen LogP contribution in [0.15, 0.2) is 74.5 Å². The summed E-state index contributed by atoms with van der Waals surface area (Å²) in [6.07, 6.45) is 9.52. The Hall–Kier alpha value is -2.12. The molecule has 0 radical (unpaired) electrons. The predicted molar refractivity (Wildman–Crippen MR) is 99.9 cm³/mol. The summed E-state index contributed by atoms with van der Waals surface area (Å²) < 4.78 is 0. The van der Waals surface area contributed by atoms with Crippen molar-refractivity contribution >= 4 is 17.4 Å². The Kier molecular flexibility index (Phi) is 5.66. The molecular weight excluding hydrogens is 314 g/mol. The molecule has 0 N–H and O–H groups in total. The van der Waals surface area contributed by atoms with Gasteiger partial charge in [-0.15, -0.1) is 11.8 Å². The minimum absolute atomic E-state index is 0.573. The molecule has 4 heteroatoms. The molecule has 1 aromatic carbocycles. The highest BCUT2D eigenvalue weighted by atomic mass is 32.2. The lowest BCUT2D eigenvalue weighted by atomic mass is 9.97. The van der Waals surface area contributed by atoms with Gasteiger partial charge >= 0.3 is 0 Å². The largest absolute Gasteiger partial charge is 0.193 e. The fourth-order valence-corrected chi connectivity index (χ4v) is 4.20. The number of thioether (sulfide) groups is 1. The second-order valence-corrected chi connectivity index (χ2v) is 7.66. The number of nitrogens with zero attached hydrogens (tertiary/aromatic N) is 3. The Morgan fingerprint density at radius 1 is 1.17 bits per heavy atom. The quantitative estimate of drug-likeness (QED) is 0.580. The summed E-state index contributed by atoms with van der Waals surface area (Å²) in [5.41, 5.74) is 4.40. The highest BCUT2D eigenvalue weighted by Gasteiger charge is 2.22. The van der Waals surface area contributed by atoms with E-state index in [-0.39, 0.29) is 0 Å². The zero-order chi connectivity index (χ0) is 16.8. The highest BCUT2D eigenvalue weighted by Crippen LogP contribution is 2.40. The summed E-state index contributed by atoms with van der Waals surface area (Å²) in [5.74, 6) is 0. The zero-order valence-electron chi connectivity index (χ0n) is 13.9. The van der Waals surface area contributed by atoms with E-state index < -0.39 is 0 Å². The molecule has 1 atom stereocenters.